The fourth-order valence-electron chi connectivity index (χ4n) is 1.82. The maximum atomic E-state index is 12.2. The molecule has 0 fully saturated rings. The summed E-state index contributed by atoms with van der Waals surface area (Å²) in [5, 5.41) is 6.54. The standard InChI is InChI=1S/C16H18Cl2N4O/c1-10(2)6-7-19-14-9-20-13(8-21-14)16(23)22-15-11(17)4-3-5-12(15)18/h3-5,8-10H,6-7H2,1-2H3,(H,19,21)(H,22,23). The molecule has 0 aliphatic heterocycles. The number of nitrogens with one attached hydrogen (secondary N) is 2. The summed E-state index contributed by atoms with van der Waals surface area (Å²) in [5.74, 6) is 0.833. The lowest BCUT2D eigenvalue weighted by Crippen LogP contribution is -2.15. The van der Waals surface area contributed by atoms with E-state index in [4.69, 9.17) is 23.2 Å². The zero-order valence-corrected chi connectivity index (χ0v) is 14.4. The Morgan fingerprint density at radius 3 is 2.43 bits per heavy atom. The molecule has 7 heteroatoms. The second-order valence-electron chi connectivity index (χ2n) is 5.45. The van der Waals surface area contributed by atoms with Crippen molar-refractivity contribution in [2.75, 3.05) is 17.2 Å². The van der Waals surface area contributed by atoms with Crippen LogP contribution in [0, 0.1) is 5.92 Å². The summed E-state index contributed by atoms with van der Waals surface area (Å²) >= 11 is 12.0. The quantitative estimate of drug-likeness (QED) is 0.803. The zero-order valence-electron chi connectivity index (χ0n) is 12.9. The van der Waals surface area contributed by atoms with E-state index in [0.29, 0.717) is 27.5 Å². The van der Waals surface area contributed by atoms with Gasteiger partial charge in [-0.15, -0.1) is 0 Å². The van der Waals surface area contributed by atoms with Crippen LogP contribution in [0.5, 0.6) is 0 Å². The number of hydrogen-bond donors (Lipinski definition) is 2. The molecule has 2 N–H and O–H groups in total. The Hall–Kier alpha value is -1.85. The molecule has 0 saturated carbocycles. The van der Waals surface area contributed by atoms with Crippen LogP contribution in [0.4, 0.5) is 11.5 Å². The minimum Gasteiger partial charge on any atom is -0.369 e. The molecule has 1 heterocycles. The maximum Gasteiger partial charge on any atom is 0.275 e. The summed E-state index contributed by atoms with van der Waals surface area (Å²) in [7, 11) is 0. The van der Waals surface area contributed by atoms with Gasteiger partial charge in [-0.3, -0.25) is 4.79 Å². The fourth-order valence-corrected chi connectivity index (χ4v) is 2.31. The molecule has 0 saturated heterocycles. The van der Waals surface area contributed by atoms with Crippen molar-refractivity contribution in [3.8, 4) is 0 Å². The van der Waals surface area contributed by atoms with Gasteiger partial charge in [0.15, 0.2) is 0 Å². The summed E-state index contributed by atoms with van der Waals surface area (Å²) in [6.45, 7) is 5.12. The average Bonchev–Trinajstić information content (AvgIpc) is 2.51. The Bertz CT molecular complexity index is 654. The number of amides is 1. The van der Waals surface area contributed by atoms with Crippen LogP contribution >= 0.6 is 23.2 Å². The molecule has 23 heavy (non-hydrogen) atoms. The lowest BCUT2D eigenvalue weighted by molar-refractivity contribution is 0.102. The molecular weight excluding hydrogens is 335 g/mol. The number of nitrogens with zero attached hydrogens (tertiary/aromatic N) is 2. The molecule has 1 aromatic carbocycles. The molecule has 0 aliphatic carbocycles. The number of benzene rings is 1. The third-order valence-corrected chi connectivity index (χ3v) is 3.74. The maximum absolute atomic E-state index is 12.2. The van der Waals surface area contributed by atoms with Gasteiger partial charge in [-0.2, -0.15) is 0 Å². The number of rotatable bonds is 6. The van der Waals surface area contributed by atoms with Crippen LogP contribution in [0.1, 0.15) is 30.8 Å². The van der Waals surface area contributed by atoms with Crippen molar-refractivity contribution < 1.29 is 4.79 Å². The van der Waals surface area contributed by atoms with E-state index in [1.165, 1.54) is 12.4 Å². The Kier molecular flexibility index (Phi) is 6.19. The minimum atomic E-state index is -0.416. The van der Waals surface area contributed by atoms with Crippen molar-refractivity contribution in [1.29, 1.82) is 0 Å². The number of anilines is 2. The largest absolute Gasteiger partial charge is 0.369 e. The van der Waals surface area contributed by atoms with Crippen molar-refractivity contribution in [3.05, 3.63) is 46.3 Å². The van der Waals surface area contributed by atoms with Crippen LogP contribution in [0.2, 0.25) is 10.0 Å². The molecule has 5 nitrogen and oxygen atoms in total. The highest BCUT2D eigenvalue weighted by Crippen LogP contribution is 2.30. The highest BCUT2D eigenvalue weighted by molar-refractivity contribution is 6.39. The van der Waals surface area contributed by atoms with E-state index < -0.39 is 5.91 Å². The molecule has 0 spiro atoms. The molecule has 0 aliphatic rings. The normalized spacial score (nSPS) is 10.7. The van der Waals surface area contributed by atoms with Crippen LogP contribution in [-0.2, 0) is 0 Å². The number of para-hydroxylation sites is 1. The van der Waals surface area contributed by atoms with Crippen molar-refractivity contribution in [2.45, 2.75) is 20.3 Å². The molecule has 0 atom stereocenters. The van der Waals surface area contributed by atoms with Gasteiger partial charge in [-0.1, -0.05) is 43.1 Å². The summed E-state index contributed by atoms with van der Waals surface area (Å²) in [4.78, 5) is 20.5. The molecule has 2 rings (SSSR count). The molecule has 0 radical (unpaired) electrons. The molecular formula is C16H18Cl2N4O. The Labute approximate surface area is 145 Å². The minimum absolute atomic E-state index is 0.190. The van der Waals surface area contributed by atoms with Gasteiger partial charge in [0.25, 0.3) is 5.91 Å². The Morgan fingerprint density at radius 2 is 1.87 bits per heavy atom. The van der Waals surface area contributed by atoms with Gasteiger partial charge in [0, 0.05) is 6.54 Å². The van der Waals surface area contributed by atoms with Crippen LogP contribution in [0.15, 0.2) is 30.6 Å². The number of carbonyl (C=O) groups is 1. The lowest BCUT2D eigenvalue weighted by Gasteiger charge is -2.09. The van der Waals surface area contributed by atoms with E-state index in [1.54, 1.807) is 18.2 Å². The molecule has 1 aromatic heterocycles. The van der Waals surface area contributed by atoms with E-state index >= 15 is 0 Å². The highest BCUT2D eigenvalue weighted by Gasteiger charge is 2.13. The first-order valence-electron chi connectivity index (χ1n) is 7.28. The fraction of sp³-hybridized carbons (Fsp3) is 0.312. The van der Waals surface area contributed by atoms with E-state index in [1.807, 2.05) is 0 Å². The van der Waals surface area contributed by atoms with Gasteiger partial charge < -0.3 is 10.6 Å². The molecule has 0 unspecified atom stereocenters. The number of hydrogen-bond acceptors (Lipinski definition) is 4. The highest BCUT2D eigenvalue weighted by atomic mass is 35.5. The predicted octanol–water partition coefficient (Wildman–Crippen LogP) is 4.49. The lowest BCUT2D eigenvalue weighted by atomic mass is 10.1. The van der Waals surface area contributed by atoms with Gasteiger partial charge >= 0.3 is 0 Å². The first-order valence-corrected chi connectivity index (χ1v) is 8.04. The van der Waals surface area contributed by atoms with Crippen LogP contribution in [0.3, 0.4) is 0 Å². The molecule has 1 amide bonds. The second kappa shape index (κ2) is 8.13. The summed E-state index contributed by atoms with van der Waals surface area (Å²) in [6.07, 6.45) is 3.98. The number of aromatic nitrogens is 2. The SMILES string of the molecule is CC(C)CCNc1cnc(C(=O)Nc2c(Cl)cccc2Cl)cn1. The van der Waals surface area contributed by atoms with E-state index in [9.17, 15) is 4.79 Å². The first kappa shape index (κ1) is 17.5. The van der Waals surface area contributed by atoms with Gasteiger partial charge in [0.2, 0.25) is 0 Å². The first-order chi connectivity index (χ1) is 11.0. The zero-order chi connectivity index (χ0) is 16.8. The summed E-state index contributed by atoms with van der Waals surface area (Å²) < 4.78 is 0. The second-order valence-corrected chi connectivity index (χ2v) is 6.26. The smallest absolute Gasteiger partial charge is 0.275 e. The van der Waals surface area contributed by atoms with Gasteiger partial charge in [-0.05, 0) is 24.5 Å². The molecule has 2 aromatic rings. The van der Waals surface area contributed by atoms with Crippen molar-refractivity contribution >= 4 is 40.6 Å². The average molecular weight is 353 g/mol. The number of carbonyl (C=O) groups excluding carboxylic acids is 1. The Morgan fingerprint density at radius 1 is 1.17 bits per heavy atom. The number of halogens is 2. The predicted molar refractivity (Wildman–Crippen MR) is 94.4 cm³/mol. The Balaban J connectivity index is 2.00. The van der Waals surface area contributed by atoms with Crippen molar-refractivity contribution in [3.63, 3.8) is 0 Å². The summed E-state index contributed by atoms with van der Waals surface area (Å²) in [6, 6.07) is 5.00. The van der Waals surface area contributed by atoms with E-state index in [0.717, 1.165) is 13.0 Å². The third kappa shape index (κ3) is 5.08. The molecule has 122 valence electrons. The van der Waals surface area contributed by atoms with Crippen LogP contribution in [0.25, 0.3) is 0 Å². The van der Waals surface area contributed by atoms with Crippen LogP contribution < -0.4 is 10.6 Å². The topological polar surface area (TPSA) is 66.9 Å². The van der Waals surface area contributed by atoms with Gasteiger partial charge in [0.05, 0.1) is 28.1 Å². The molecule has 0 bridgehead atoms. The van der Waals surface area contributed by atoms with E-state index in [-0.39, 0.29) is 5.69 Å². The van der Waals surface area contributed by atoms with E-state index in [2.05, 4.69) is 34.4 Å². The van der Waals surface area contributed by atoms with Crippen molar-refractivity contribution in [2.24, 2.45) is 5.92 Å². The van der Waals surface area contributed by atoms with Crippen molar-refractivity contribution in [1.82, 2.24) is 9.97 Å². The monoisotopic (exact) mass is 352 g/mol. The van der Waals surface area contributed by atoms with Crippen LogP contribution in [-0.4, -0.2) is 22.4 Å². The van der Waals surface area contributed by atoms with Gasteiger partial charge in [-0.25, -0.2) is 9.97 Å². The third-order valence-electron chi connectivity index (χ3n) is 3.11. The summed E-state index contributed by atoms with van der Waals surface area (Å²) in [5.41, 5.74) is 0.553. The van der Waals surface area contributed by atoms with Gasteiger partial charge in [0.1, 0.15) is 11.5 Å².